The molecule has 0 aliphatic carbocycles. The molecule has 51 heavy (non-hydrogen) atoms. The van der Waals surface area contributed by atoms with Crippen LogP contribution in [0.1, 0.15) is 0 Å². The van der Waals surface area contributed by atoms with Crippen molar-refractivity contribution in [1.29, 1.82) is 0 Å². The van der Waals surface area contributed by atoms with Gasteiger partial charge in [-0.2, -0.15) is 0 Å². The van der Waals surface area contributed by atoms with Crippen molar-refractivity contribution in [3.63, 3.8) is 0 Å². The zero-order valence-corrected chi connectivity index (χ0v) is 27.6. The van der Waals surface area contributed by atoms with Crippen LogP contribution in [0.15, 0.2) is 174 Å². The average molecular weight is 645 g/mol. The molecule has 12 aromatic rings. The van der Waals surface area contributed by atoms with Gasteiger partial charge in [-0.15, -0.1) is 0 Å². The Morgan fingerprint density at radius 1 is 0.275 bits per heavy atom. The second kappa shape index (κ2) is 9.94. The van der Waals surface area contributed by atoms with E-state index >= 15 is 0 Å². The molecular formula is C50H28O. The largest absolute Gasteiger partial charge is 0.455 e. The van der Waals surface area contributed by atoms with Gasteiger partial charge in [0.2, 0.25) is 0 Å². The Kier molecular flexibility index (Phi) is 5.29. The Morgan fingerprint density at radius 2 is 0.843 bits per heavy atom. The zero-order valence-electron chi connectivity index (χ0n) is 27.6. The first-order chi connectivity index (χ1) is 25.3. The van der Waals surface area contributed by atoms with Crippen LogP contribution in [0.2, 0.25) is 0 Å². The Morgan fingerprint density at radius 3 is 1.67 bits per heavy atom. The van der Waals surface area contributed by atoms with E-state index in [1.54, 1.807) is 0 Å². The van der Waals surface area contributed by atoms with Gasteiger partial charge < -0.3 is 4.42 Å². The van der Waals surface area contributed by atoms with Crippen molar-refractivity contribution in [2.75, 3.05) is 0 Å². The summed E-state index contributed by atoms with van der Waals surface area (Å²) in [5, 5.41) is 20.0. The van der Waals surface area contributed by atoms with Crippen LogP contribution < -0.4 is 0 Å². The number of furan rings is 1. The lowest BCUT2D eigenvalue weighted by atomic mass is 9.87. The van der Waals surface area contributed by atoms with Crippen molar-refractivity contribution in [1.82, 2.24) is 0 Å². The normalized spacial score (nSPS) is 12.3. The third kappa shape index (κ3) is 3.75. The Hall–Kier alpha value is -6.70. The molecule has 12 rings (SSSR count). The summed E-state index contributed by atoms with van der Waals surface area (Å²) in [6.07, 6.45) is 0. The first kappa shape index (κ1) is 27.2. The molecule has 0 aliphatic heterocycles. The van der Waals surface area contributed by atoms with Gasteiger partial charge in [0, 0.05) is 16.2 Å². The van der Waals surface area contributed by atoms with Crippen molar-refractivity contribution in [2.45, 2.75) is 0 Å². The molecule has 1 nitrogen and oxygen atoms in total. The fourth-order valence-corrected chi connectivity index (χ4v) is 9.00. The SMILES string of the molecule is c1ccc2c(c1)ccc1c2oc2cc(-c3ccc4ccc5cccc6ccc3c4c56)cc(-c3ccc4ccc5ccc6ccccc6c5c4c3)c21. The van der Waals surface area contributed by atoms with Gasteiger partial charge in [-0.1, -0.05) is 146 Å². The van der Waals surface area contributed by atoms with Gasteiger partial charge in [0.05, 0.1) is 0 Å². The van der Waals surface area contributed by atoms with Crippen LogP contribution in [-0.4, -0.2) is 0 Å². The summed E-state index contributed by atoms with van der Waals surface area (Å²) in [4.78, 5) is 0. The fraction of sp³-hybridized carbons (Fsp3) is 0. The summed E-state index contributed by atoms with van der Waals surface area (Å²) in [6, 6.07) is 62.7. The first-order valence-corrected chi connectivity index (χ1v) is 17.7. The highest BCUT2D eigenvalue weighted by molar-refractivity contribution is 6.27. The molecule has 0 spiro atoms. The minimum Gasteiger partial charge on any atom is -0.455 e. The van der Waals surface area contributed by atoms with Crippen LogP contribution >= 0.6 is 0 Å². The zero-order chi connectivity index (χ0) is 33.2. The van der Waals surface area contributed by atoms with E-state index in [-0.39, 0.29) is 0 Å². The molecule has 11 aromatic carbocycles. The average Bonchev–Trinajstić information content (AvgIpc) is 3.58. The maximum Gasteiger partial charge on any atom is 0.143 e. The summed E-state index contributed by atoms with van der Waals surface area (Å²) in [6.45, 7) is 0. The molecule has 0 N–H and O–H groups in total. The molecule has 1 heterocycles. The second-order valence-electron chi connectivity index (χ2n) is 14.0. The lowest BCUT2D eigenvalue weighted by Gasteiger charge is -2.15. The van der Waals surface area contributed by atoms with E-state index in [0.717, 1.165) is 32.9 Å². The molecule has 0 saturated heterocycles. The van der Waals surface area contributed by atoms with Crippen LogP contribution in [0.3, 0.4) is 0 Å². The van der Waals surface area contributed by atoms with Crippen LogP contribution in [-0.2, 0) is 0 Å². The van der Waals surface area contributed by atoms with E-state index in [9.17, 15) is 0 Å². The predicted octanol–water partition coefficient (Wildman–Crippen LogP) is 14.4. The van der Waals surface area contributed by atoms with Crippen LogP contribution in [0.4, 0.5) is 0 Å². The Bertz CT molecular complexity index is 3400. The molecule has 0 bridgehead atoms. The molecule has 234 valence electrons. The van der Waals surface area contributed by atoms with Gasteiger partial charge in [0.1, 0.15) is 11.2 Å². The molecule has 0 fully saturated rings. The molecule has 0 saturated carbocycles. The quantitative estimate of drug-likeness (QED) is 0.171. The third-order valence-corrected chi connectivity index (χ3v) is 11.3. The molecule has 0 atom stereocenters. The van der Waals surface area contributed by atoms with E-state index in [4.69, 9.17) is 4.42 Å². The highest BCUT2D eigenvalue weighted by Crippen LogP contribution is 2.46. The van der Waals surface area contributed by atoms with Crippen molar-refractivity contribution in [3.05, 3.63) is 170 Å². The summed E-state index contributed by atoms with van der Waals surface area (Å²) < 4.78 is 6.93. The van der Waals surface area contributed by atoms with Crippen molar-refractivity contribution < 1.29 is 4.42 Å². The first-order valence-electron chi connectivity index (χ1n) is 17.7. The summed E-state index contributed by atoms with van der Waals surface area (Å²) in [7, 11) is 0. The van der Waals surface area contributed by atoms with Crippen LogP contribution in [0, 0.1) is 0 Å². The molecule has 0 radical (unpaired) electrons. The highest BCUT2D eigenvalue weighted by Gasteiger charge is 2.20. The minimum atomic E-state index is 0.906. The van der Waals surface area contributed by atoms with Crippen molar-refractivity contribution in [2.24, 2.45) is 0 Å². The molecule has 1 aromatic heterocycles. The van der Waals surface area contributed by atoms with Gasteiger partial charge in [-0.3, -0.25) is 0 Å². The number of rotatable bonds is 2. The van der Waals surface area contributed by atoms with Gasteiger partial charge in [-0.05, 0) is 117 Å². The maximum atomic E-state index is 6.93. The predicted molar refractivity (Wildman–Crippen MR) is 218 cm³/mol. The van der Waals surface area contributed by atoms with E-state index in [2.05, 4.69) is 170 Å². The molecule has 1 heteroatoms. The van der Waals surface area contributed by atoms with Gasteiger partial charge in [0.25, 0.3) is 0 Å². The Labute approximate surface area is 292 Å². The highest BCUT2D eigenvalue weighted by atomic mass is 16.3. The molecule has 0 aliphatic rings. The third-order valence-electron chi connectivity index (χ3n) is 11.3. The van der Waals surface area contributed by atoms with Crippen LogP contribution in [0.25, 0.3) is 120 Å². The second-order valence-corrected chi connectivity index (χ2v) is 14.0. The topological polar surface area (TPSA) is 13.1 Å². The lowest BCUT2D eigenvalue weighted by molar-refractivity contribution is 0.673. The summed E-state index contributed by atoms with van der Waals surface area (Å²) >= 11 is 0. The smallest absolute Gasteiger partial charge is 0.143 e. The molecule has 0 amide bonds. The Balaban J connectivity index is 1.21. The van der Waals surface area contributed by atoms with Crippen LogP contribution in [0.5, 0.6) is 0 Å². The maximum absolute atomic E-state index is 6.93. The lowest BCUT2D eigenvalue weighted by Crippen LogP contribution is -1.89. The van der Waals surface area contributed by atoms with Gasteiger partial charge in [0.15, 0.2) is 0 Å². The molecule has 0 unspecified atom stereocenters. The van der Waals surface area contributed by atoms with E-state index < -0.39 is 0 Å². The van der Waals surface area contributed by atoms with E-state index in [1.807, 2.05) is 0 Å². The summed E-state index contributed by atoms with van der Waals surface area (Å²) in [5.41, 5.74) is 6.58. The van der Waals surface area contributed by atoms with E-state index in [0.29, 0.717) is 0 Å². The standard InChI is InChI=1S/C50H28O/c1-3-10-39-29(6-1)12-15-34-16-13-31-14-19-36(26-43(31)47(34)39)44-27-37(28-45-49(44)42-25-20-30-7-2-4-11-40(30)50(42)51-45)38-23-21-35-18-17-32-8-5-9-33-22-24-41(38)48(35)46(32)33/h1-28H. The number of fused-ring (bicyclic) bond motifs is 10. The number of hydrogen-bond acceptors (Lipinski definition) is 1. The fourth-order valence-electron chi connectivity index (χ4n) is 9.00. The van der Waals surface area contributed by atoms with Gasteiger partial charge in [-0.25, -0.2) is 0 Å². The monoisotopic (exact) mass is 644 g/mol. The van der Waals surface area contributed by atoms with Crippen molar-refractivity contribution >= 4 is 97.3 Å². The number of benzene rings is 11. The minimum absolute atomic E-state index is 0.906. The number of hydrogen-bond donors (Lipinski definition) is 0. The van der Waals surface area contributed by atoms with Crippen molar-refractivity contribution in [3.8, 4) is 22.3 Å². The van der Waals surface area contributed by atoms with Gasteiger partial charge >= 0.3 is 0 Å². The van der Waals surface area contributed by atoms with E-state index in [1.165, 1.54) is 86.7 Å². The molecular weight excluding hydrogens is 617 g/mol. The summed E-state index contributed by atoms with van der Waals surface area (Å²) in [5.74, 6) is 0.